The molecular formula is C16H22N2O3. The number of amides is 2. The molecule has 2 amide bonds. The smallest absolute Gasteiger partial charge is 0.242 e. The van der Waals surface area contributed by atoms with Crippen molar-refractivity contribution in [1.29, 1.82) is 0 Å². The van der Waals surface area contributed by atoms with Crippen LogP contribution >= 0.6 is 0 Å². The molecule has 1 saturated heterocycles. The first-order valence-corrected chi connectivity index (χ1v) is 7.32. The molecule has 114 valence electrons. The number of anilines is 1. The zero-order valence-corrected chi connectivity index (χ0v) is 12.7. The lowest BCUT2D eigenvalue weighted by Gasteiger charge is -2.30. The molecule has 0 spiro atoms. The highest BCUT2D eigenvalue weighted by atomic mass is 16.5. The molecule has 0 saturated carbocycles. The third kappa shape index (κ3) is 3.74. The van der Waals surface area contributed by atoms with E-state index in [2.05, 4.69) is 0 Å². The lowest BCUT2D eigenvalue weighted by molar-refractivity contribution is -0.132. The summed E-state index contributed by atoms with van der Waals surface area (Å²) in [6.07, 6.45) is 3.26. The molecule has 1 aliphatic heterocycles. The van der Waals surface area contributed by atoms with Gasteiger partial charge in [-0.2, -0.15) is 0 Å². The number of hydrogen-bond acceptors (Lipinski definition) is 3. The molecule has 1 heterocycles. The van der Waals surface area contributed by atoms with Crippen LogP contribution in [0.5, 0.6) is 5.75 Å². The first-order chi connectivity index (χ1) is 10.1. The molecule has 1 fully saturated rings. The number of benzene rings is 1. The summed E-state index contributed by atoms with van der Waals surface area (Å²) < 4.78 is 5.28. The monoisotopic (exact) mass is 290 g/mol. The fourth-order valence-corrected chi connectivity index (χ4v) is 2.60. The maximum atomic E-state index is 12.4. The van der Waals surface area contributed by atoms with Crippen molar-refractivity contribution in [2.24, 2.45) is 0 Å². The zero-order valence-electron chi connectivity index (χ0n) is 12.7. The van der Waals surface area contributed by atoms with E-state index in [0.29, 0.717) is 11.4 Å². The molecular weight excluding hydrogens is 268 g/mol. The minimum absolute atomic E-state index is 0.00388. The number of para-hydroxylation sites is 2. The Labute approximate surface area is 125 Å². The van der Waals surface area contributed by atoms with E-state index in [1.807, 2.05) is 17.0 Å². The molecule has 0 aliphatic carbocycles. The molecule has 2 rings (SSSR count). The highest BCUT2D eigenvalue weighted by Gasteiger charge is 2.23. The summed E-state index contributed by atoms with van der Waals surface area (Å²) in [5.74, 6) is 0.430. The van der Waals surface area contributed by atoms with Gasteiger partial charge in [0.15, 0.2) is 0 Å². The lowest BCUT2D eigenvalue weighted by Crippen LogP contribution is -2.44. The van der Waals surface area contributed by atoms with E-state index in [-0.39, 0.29) is 18.4 Å². The minimum atomic E-state index is -0.162. The van der Waals surface area contributed by atoms with Crippen molar-refractivity contribution in [2.45, 2.75) is 26.2 Å². The number of methoxy groups -OCH3 is 1. The third-order valence-electron chi connectivity index (χ3n) is 3.76. The van der Waals surface area contributed by atoms with Crippen LogP contribution in [0.15, 0.2) is 24.3 Å². The lowest BCUT2D eigenvalue weighted by atomic mass is 10.1. The minimum Gasteiger partial charge on any atom is -0.495 e. The second kappa shape index (κ2) is 7.11. The van der Waals surface area contributed by atoms with Crippen molar-refractivity contribution in [3.05, 3.63) is 24.3 Å². The van der Waals surface area contributed by atoms with Gasteiger partial charge in [0.25, 0.3) is 0 Å². The number of nitrogens with zero attached hydrogens (tertiary/aromatic N) is 2. The maximum Gasteiger partial charge on any atom is 0.242 e. The van der Waals surface area contributed by atoms with Crippen molar-refractivity contribution < 1.29 is 14.3 Å². The number of carbonyl (C=O) groups excluding carboxylic acids is 2. The summed E-state index contributed by atoms with van der Waals surface area (Å²) in [5, 5.41) is 0. The van der Waals surface area contributed by atoms with Crippen LogP contribution in [-0.4, -0.2) is 43.5 Å². The third-order valence-corrected chi connectivity index (χ3v) is 3.76. The van der Waals surface area contributed by atoms with Crippen LogP contribution in [0.2, 0.25) is 0 Å². The van der Waals surface area contributed by atoms with E-state index in [9.17, 15) is 9.59 Å². The Kier molecular flexibility index (Phi) is 5.20. The van der Waals surface area contributed by atoms with Gasteiger partial charge >= 0.3 is 0 Å². The van der Waals surface area contributed by atoms with Gasteiger partial charge in [-0.25, -0.2) is 0 Å². The quantitative estimate of drug-likeness (QED) is 0.853. The summed E-state index contributed by atoms with van der Waals surface area (Å²) in [5.41, 5.74) is 0.637. The topological polar surface area (TPSA) is 49.9 Å². The fraction of sp³-hybridized carbons (Fsp3) is 0.500. The van der Waals surface area contributed by atoms with Gasteiger partial charge in [0, 0.05) is 20.0 Å². The SMILES string of the molecule is COc1ccccc1N(CC(=O)N1CCCCC1)C(C)=O. The summed E-state index contributed by atoms with van der Waals surface area (Å²) in [6, 6.07) is 7.26. The van der Waals surface area contributed by atoms with Crippen molar-refractivity contribution >= 4 is 17.5 Å². The molecule has 0 unspecified atom stereocenters. The van der Waals surface area contributed by atoms with Crippen LogP contribution in [-0.2, 0) is 9.59 Å². The molecule has 1 aliphatic rings. The van der Waals surface area contributed by atoms with E-state index in [0.717, 1.165) is 25.9 Å². The van der Waals surface area contributed by atoms with Gasteiger partial charge in [-0.15, -0.1) is 0 Å². The maximum absolute atomic E-state index is 12.4. The van der Waals surface area contributed by atoms with Gasteiger partial charge in [0.2, 0.25) is 11.8 Å². The number of carbonyl (C=O) groups is 2. The van der Waals surface area contributed by atoms with Crippen LogP contribution in [0.4, 0.5) is 5.69 Å². The Balaban J connectivity index is 2.15. The second-order valence-corrected chi connectivity index (χ2v) is 5.22. The predicted octanol–water partition coefficient (Wildman–Crippen LogP) is 2.06. The Hall–Kier alpha value is -2.04. The molecule has 5 nitrogen and oxygen atoms in total. The summed E-state index contributed by atoms with van der Waals surface area (Å²) >= 11 is 0. The van der Waals surface area contributed by atoms with Crippen molar-refractivity contribution in [3.63, 3.8) is 0 Å². The normalized spacial score (nSPS) is 14.7. The van der Waals surface area contributed by atoms with Gasteiger partial charge in [-0.05, 0) is 31.4 Å². The van der Waals surface area contributed by atoms with Crippen molar-refractivity contribution in [3.8, 4) is 5.75 Å². The number of rotatable bonds is 4. The standard InChI is InChI=1S/C16H22N2O3/c1-13(19)18(14-8-4-5-9-15(14)21-2)12-16(20)17-10-6-3-7-11-17/h4-5,8-9H,3,6-7,10-12H2,1-2H3. The van der Waals surface area contributed by atoms with E-state index in [1.54, 1.807) is 19.2 Å². The summed E-state index contributed by atoms with van der Waals surface area (Å²) in [4.78, 5) is 27.6. The van der Waals surface area contributed by atoms with Gasteiger partial charge in [-0.1, -0.05) is 12.1 Å². The van der Waals surface area contributed by atoms with Crippen molar-refractivity contribution in [2.75, 3.05) is 31.6 Å². The second-order valence-electron chi connectivity index (χ2n) is 5.22. The van der Waals surface area contributed by atoms with Crippen molar-refractivity contribution in [1.82, 2.24) is 4.90 Å². The number of ether oxygens (including phenoxy) is 1. The number of likely N-dealkylation sites (tertiary alicyclic amines) is 1. The molecule has 0 radical (unpaired) electrons. The number of piperidine rings is 1. The van der Waals surface area contributed by atoms with Crippen LogP contribution in [0.25, 0.3) is 0 Å². The van der Waals surface area contributed by atoms with Gasteiger partial charge in [0.1, 0.15) is 12.3 Å². The van der Waals surface area contributed by atoms with Gasteiger partial charge in [0.05, 0.1) is 12.8 Å². The van der Waals surface area contributed by atoms with Crippen LogP contribution in [0.1, 0.15) is 26.2 Å². The Morgan fingerprint density at radius 2 is 1.86 bits per heavy atom. The molecule has 0 atom stereocenters. The first-order valence-electron chi connectivity index (χ1n) is 7.32. The average molecular weight is 290 g/mol. The van der Waals surface area contributed by atoms with E-state index in [1.165, 1.54) is 18.2 Å². The zero-order chi connectivity index (χ0) is 15.2. The van der Waals surface area contributed by atoms with Crippen LogP contribution in [0, 0.1) is 0 Å². The molecule has 21 heavy (non-hydrogen) atoms. The Morgan fingerprint density at radius 3 is 2.48 bits per heavy atom. The van der Waals surface area contributed by atoms with E-state index in [4.69, 9.17) is 4.74 Å². The van der Waals surface area contributed by atoms with E-state index >= 15 is 0 Å². The molecule has 0 bridgehead atoms. The average Bonchev–Trinajstić information content (AvgIpc) is 2.53. The largest absolute Gasteiger partial charge is 0.495 e. The highest BCUT2D eigenvalue weighted by Crippen LogP contribution is 2.27. The van der Waals surface area contributed by atoms with Crippen LogP contribution in [0.3, 0.4) is 0 Å². The summed E-state index contributed by atoms with van der Waals surface area (Å²) in [6.45, 7) is 3.11. The first kappa shape index (κ1) is 15.4. The predicted molar refractivity (Wildman–Crippen MR) is 81.5 cm³/mol. The van der Waals surface area contributed by atoms with Gasteiger partial charge in [-0.3, -0.25) is 14.5 Å². The van der Waals surface area contributed by atoms with Crippen LogP contribution < -0.4 is 9.64 Å². The Bertz CT molecular complexity index is 510. The summed E-state index contributed by atoms with van der Waals surface area (Å²) in [7, 11) is 1.56. The number of hydrogen-bond donors (Lipinski definition) is 0. The molecule has 5 heteroatoms. The molecule has 1 aromatic carbocycles. The molecule has 0 aromatic heterocycles. The molecule has 1 aromatic rings. The highest BCUT2D eigenvalue weighted by molar-refractivity contribution is 5.98. The molecule has 0 N–H and O–H groups in total. The van der Waals surface area contributed by atoms with Gasteiger partial charge < -0.3 is 9.64 Å². The Morgan fingerprint density at radius 1 is 1.19 bits per heavy atom. The van der Waals surface area contributed by atoms with E-state index < -0.39 is 0 Å². The fourth-order valence-electron chi connectivity index (χ4n) is 2.60.